The van der Waals surface area contributed by atoms with Crippen molar-refractivity contribution in [3.05, 3.63) is 13.8 Å². The maximum absolute atomic E-state index is 3.25. The molecule has 4 heteroatoms. The average Bonchev–Trinajstić information content (AvgIpc) is 1.50. The molecule has 0 aromatic rings. The van der Waals surface area contributed by atoms with Gasteiger partial charge in [-0.25, -0.2) is 0 Å². The molecule has 0 aromatic heterocycles. The van der Waals surface area contributed by atoms with E-state index in [4.69, 9.17) is 0 Å². The summed E-state index contributed by atoms with van der Waals surface area (Å²) in [6.45, 7) is 10.0. The molecule has 0 aliphatic rings. The van der Waals surface area contributed by atoms with Crippen LogP contribution in [-0.2, 0) is 53.8 Å². The van der Waals surface area contributed by atoms with E-state index in [1.807, 2.05) is 0 Å². The summed E-state index contributed by atoms with van der Waals surface area (Å²) in [5, 5.41) is 0. The van der Waals surface area contributed by atoms with Crippen LogP contribution in [0.1, 0.15) is 13.8 Å². The standard InChI is InChI=1S/2C2H5.2Ar.Pt.Y/c2*1-2;;;;/h2*1H2,2H3;;;;/q2*-1;;;;. The molecule has 57 valence electrons. The van der Waals surface area contributed by atoms with Crippen molar-refractivity contribution in [1.29, 1.82) is 0 Å². The van der Waals surface area contributed by atoms with Gasteiger partial charge in [-0.2, -0.15) is 13.8 Å². The van der Waals surface area contributed by atoms with Crippen molar-refractivity contribution in [3.8, 4) is 0 Å². The van der Waals surface area contributed by atoms with Gasteiger partial charge in [0.15, 0.2) is 0 Å². The fourth-order valence-corrected chi connectivity index (χ4v) is 0. The molecule has 0 bridgehead atoms. The zero-order chi connectivity index (χ0) is 4.00. The van der Waals surface area contributed by atoms with Gasteiger partial charge >= 0.3 is 0 Å². The number of hydrogen-bond donors (Lipinski definition) is 0. The molecule has 0 N–H and O–H groups in total. The summed E-state index contributed by atoms with van der Waals surface area (Å²) in [4.78, 5) is 0. The van der Waals surface area contributed by atoms with E-state index in [-0.39, 0.29) is 129 Å². The van der Waals surface area contributed by atoms with Crippen molar-refractivity contribution in [2.45, 2.75) is 13.8 Å². The van der Waals surface area contributed by atoms with E-state index < -0.39 is 0 Å². The average molecular weight is 422 g/mol. The molecule has 0 rings (SSSR count). The fraction of sp³-hybridized carbons (Fsp3) is 0.500. The molecule has 8 heavy (non-hydrogen) atoms. The third-order valence-corrected chi connectivity index (χ3v) is 0. The van der Waals surface area contributed by atoms with Gasteiger partial charge in [0.25, 0.3) is 0 Å². The molecule has 0 aliphatic heterocycles. The summed E-state index contributed by atoms with van der Waals surface area (Å²) in [6.07, 6.45) is 0. The molecule has 0 saturated carbocycles. The predicted molar refractivity (Wildman–Crippen MR) is 22.1 cm³/mol. The van der Waals surface area contributed by atoms with Gasteiger partial charge in [0, 0.05) is 129 Å². The molecule has 0 spiro atoms. The minimum Gasteiger partial charge on any atom is -0.346 e. The van der Waals surface area contributed by atoms with Crippen molar-refractivity contribution in [2.24, 2.45) is 0 Å². The maximum Gasteiger partial charge on any atom is 0 e. The zero-order valence-corrected chi connectivity index (χ0v) is 11.5. The molecule has 0 heterocycles. The fourth-order valence-electron chi connectivity index (χ4n) is 0. The van der Waals surface area contributed by atoms with Crippen molar-refractivity contribution in [1.82, 2.24) is 0 Å². The van der Waals surface area contributed by atoms with E-state index in [0.29, 0.717) is 0 Å². The van der Waals surface area contributed by atoms with Gasteiger partial charge in [0.05, 0.1) is 0 Å². The van der Waals surface area contributed by atoms with Crippen LogP contribution in [0.4, 0.5) is 0 Å². The van der Waals surface area contributed by atoms with Crippen LogP contribution >= 0.6 is 0 Å². The van der Waals surface area contributed by atoms with Crippen LogP contribution in [0.2, 0.25) is 0 Å². The quantitative estimate of drug-likeness (QED) is 0.522. The second kappa shape index (κ2) is 64.7. The summed E-state index contributed by atoms with van der Waals surface area (Å²) in [6, 6.07) is 0. The number of hydrogen-bond acceptors (Lipinski definition) is 0. The second-order valence-electron chi connectivity index (χ2n) is 0. The van der Waals surface area contributed by atoms with E-state index in [9.17, 15) is 0 Å². The van der Waals surface area contributed by atoms with Gasteiger partial charge in [-0.05, 0) is 0 Å². The number of rotatable bonds is 0. The van der Waals surface area contributed by atoms with Crippen molar-refractivity contribution >= 4 is 0 Å². The van der Waals surface area contributed by atoms with Crippen LogP contribution in [0, 0.1) is 89.3 Å². The third kappa shape index (κ3) is 48.1. The smallest absolute Gasteiger partial charge is 0 e. The topological polar surface area (TPSA) is 0 Å². The van der Waals surface area contributed by atoms with E-state index in [2.05, 4.69) is 13.8 Å². The normalized spacial score (nSPS) is 1.50. The molecule has 1 radical (unpaired) electrons. The van der Waals surface area contributed by atoms with Crippen LogP contribution in [-0.4, -0.2) is 0 Å². The van der Waals surface area contributed by atoms with E-state index in [1.165, 1.54) is 0 Å². The molecule has 0 atom stereocenters. The first kappa shape index (κ1) is 39.5. The van der Waals surface area contributed by atoms with Gasteiger partial charge in [-0.1, -0.05) is 0 Å². The Kier molecular flexibility index (Phi) is 320. The molecule has 0 aliphatic carbocycles. The largest absolute Gasteiger partial charge is 0.346 e. The first-order valence-electron chi connectivity index (χ1n) is 1.41. The Morgan fingerprint density at radius 2 is 0.750 bits per heavy atom. The Morgan fingerprint density at radius 1 is 0.750 bits per heavy atom. The second-order valence-corrected chi connectivity index (χ2v) is 0. The monoisotopic (exact) mass is 422 g/mol. The molecule has 0 amide bonds. The summed E-state index contributed by atoms with van der Waals surface area (Å²) in [7, 11) is 0. The molecule has 0 nitrogen and oxygen atoms in total. The molecule has 0 unspecified atom stereocenters. The Labute approximate surface area is 153 Å². The Hall–Kier alpha value is 4.31. The van der Waals surface area contributed by atoms with E-state index in [0.717, 1.165) is 0 Å². The van der Waals surface area contributed by atoms with Gasteiger partial charge in [0.1, 0.15) is 0 Å². The molecular formula is C4H10Ar2PtY-2. The first-order chi connectivity index (χ1) is 2.00. The van der Waals surface area contributed by atoms with Crippen LogP contribution in [0.5, 0.6) is 0 Å². The van der Waals surface area contributed by atoms with Crippen LogP contribution in [0.3, 0.4) is 0 Å². The Balaban J connectivity index is -0.00000000167. The van der Waals surface area contributed by atoms with Crippen LogP contribution < -0.4 is 0 Å². The van der Waals surface area contributed by atoms with Crippen molar-refractivity contribution in [3.63, 3.8) is 0 Å². The van der Waals surface area contributed by atoms with Gasteiger partial charge < -0.3 is 13.8 Å². The molecule has 0 aromatic carbocycles. The summed E-state index contributed by atoms with van der Waals surface area (Å²) in [5.74, 6) is 0. The SMILES string of the molecule is [Ar].[Ar].[CH2-]C.[CH2-]C.[Pt].[Y]. The third-order valence-electron chi connectivity index (χ3n) is 0. The van der Waals surface area contributed by atoms with Crippen molar-refractivity contribution in [2.75, 3.05) is 0 Å². The first-order valence-corrected chi connectivity index (χ1v) is 1.41. The van der Waals surface area contributed by atoms with Gasteiger partial charge in [-0.3, -0.25) is 0 Å². The summed E-state index contributed by atoms with van der Waals surface area (Å²) >= 11 is 0. The Bertz CT molecular complexity index is 14.0. The molecular weight excluding hydrogens is 412 g/mol. The van der Waals surface area contributed by atoms with E-state index >= 15 is 0 Å². The van der Waals surface area contributed by atoms with E-state index in [1.54, 1.807) is 13.8 Å². The van der Waals surface area contributed by atoms with Crippen molar-refractivity contribution < 1.29 is 129 Å². The maximum atomic E-state index is 3.25. The van der Waals surface area contributed by atoms with Crippen LogP contribution in [0.15, 0.2) is 0 Å². The summed E-state index contributed by atoms with van der Waals surface area (Å²) in [5.41, 5.74) is 0. The van der Waals surface area contributed by atoms with Gasteiger partial charge in [0.2, 0.25) is 0 Å². The zero-order valence-electron chi connectivity index (χ0n) is 5.01. The minimum atomic E-state index is 0. The Morgan fingerprint density at radius 3 is 0.750 bits per heavy atom. The van der Waals surface area contributed by atoms with Gasteiger partial charge in [-0.15, -0.1) is 0 Å². The van der Waals surface area contributed by atoms with Crippen LogP contribution in [0.25, 0.3) is 0 Å². The minimum absolute atomic E-state index is 0. The summed E-state index contributed by atoms with van der Waals surface area (Å²) < 4.78 is 0. The molecule has 0 saturated heterocycles. The predicted octanol–water partition coefficient (Wildman–Crippen LogP) is 1.68. The molecule has 0 fully saturated rings.